The van der Waals surface area contributed by atoms with Crippen LogP contribution in [-0.4, -0.2) is 5.91 Å². The zero-order valence-electron chi connectivity index (χ0n) is 15.8. The Bertz CT molecular complexity index is 845. The Labute approximate surface area is 155 Å². The highest BCUT2D eigenvalue weighted by Crippen LogP contribution is 2.17. The van der Waals surface area contributed by atoms with Crippen LogP contribution in [0.3, 0.4) is 0 Å². The van der Waals surface area contributed by atoms with Gasteiger partial charge in [0.15, 0.2) is 0 Å². The largest absolute Gasteiger partial charge is 0.360 e. The van der Waals surface area contributed by atoms with Crippen molar-refractivity contribution in [3.8, 4) is 6.07 Å². The number of carbonyl (C=O) groups is 1. The Morgan fingerprint density at radius 3 is 2.46 bits per heavy atom. The molecule has 26 heavy (non-hydrogen) atoms. The molecule has 0 radical (unpaired) electrons. The van der Waals surface area contributed by atoms with Gasteiger partial charge in [0, 0.05) is 11.9 Å². The van der Waals surface area contributed by atoms with E-state index in [1.807, 2.05) is 57.2 Å². The van der Waals surface area contributed by atoms with Crippen LogP contribution in [-0.2, 0) is 11.2 Å². The van der Waals surface area contributed by atoms with Gasteiger partial charge in [-0.15, -0.1) is 0 Å². The van der Waals surface area contributed by atoms with Crippen LogP contribution in [0, 0.1) is 25.2 Å². The molecule has 0 aliphatic rings. The molecule has 1 unspecified atom stereocenters. The van der Waals surface area contributed by atoms with E-state index in [9.17, 15) is 10.1 Å². The van der Waals surface area contributed by atoms with Crippen molar-refractivity contribution in [1.82, 2.24) is 5.32 Å². The van der Waals surface area contributed by atoms with Gasteiger partial charge in [-0.25, -0.2) is 0 Å². The van der Waals surface area contributed by atoms with Crippen LogP contribution in [0.25, 0.3) is 0 Å². The van der Waals surface area contributed by atoms with Crippen molar-refractivity contribution in [1.29, 1.82) is 5.26 Å². The summed E-state index contributed by atoms with van der Waals surface area (Å²) < 4.78 is 0. The van der Waals surface area contributed by atoms with E-state index in [-0.39, 0.29) is 11.6 Å². The molecule has 4 heteroatoms. The molecule has 1 atom stereocenters. The molecule has 2 aromatic carbocycles. The number of anilines is 1. The standard InChI is InChI=1S/C22H25N3O/c1-5-18-7-9-19(10-8-18)17(4)25-22(26)20(13-23)14-24-21-11-6-15(2)12-16(21)3/h6-12,14,17,24H,5H2,1-4H3,(H,25,26)/b20-14-. The molecule has 0 saturated heterocycles. The van der Waals surface area contributed by atoms with Crippen LogP contribution < -0.4 is 10.6 Å². The number of aryl methyl sites for hydroxylation is 3. The van der Waals surface area contributed by atoms with E-state index in [1.54, 1.807) is 0 Å². The SMILES string of the molecule is CCc1ccc(C(C)NC(=O)/C(C#N)=C\Nc2ccc(C)cc2C)cc1. The van der Waals surface area contributed by atoms with E-state index >= 15 is 0 Å². The maximum Gasteiger partial charge on any atom is 0.263 e. The molecule has 2 aromatic rings. The van der Waals surface area contributed by atoms with Crippen molar-refractivity contribution in [2.24, 2.45) is 0 Å². The number of rotatable bonds is 6. The minimum atomic E-state index is -0.392. The monoisotopic (exact) mass is 347 g/mol. The Hall–Kier alpha value is -3.06. The van der Waals surface area contributed by atoms with Gasteiger partial charge in [-0.1, -0.05) is 48.9 Å². The molecule has 0 spiro atoms. The van der Waals surface area contributed by atoms with E-state index in [2.05, 4.69) is 29.7 Å². The van der Waals surface area contributed by atoms with E-state index in [4.69, 9.17) is 0 Å². The summed E-state index contributed by atoms with van der Waals surface area (Å²) >= 11 is 0. The van der Waals surface area contributed by atoms with Gasteiger partial charge < -0.3 is 10.6 Å². The molecule has 0 aromatic heterocycles. The van der Waals surface area contributed by atoms with Gasteiger partial charge in [-0.3, -0.25) is 4.79 Å². The Kier molecular flexibility index (Phi) is 6.57. The van der Waals surface area contributed by atoms with Crippen molar-refractivity contribution in [3.63, 3.8) is 0 Å². The van der Waals surface area contributed by atoms with Gasteiger partial charge in [-0.2, -0.15) is 5.26 Å². The summed E-state index contributed by atoms with van der Waals surface area (Å²) in [5, 5.41) is 15.3. The number of carbonyl (C=O) groups excluding carboxylic acids is 1. The molecule has 1 amide bonds. The lowest BCUT2D eigenvalue weighted by Crippen LogP contribution is -2.28. The summed E-state index contributed by atoms with van der Waals surface area (Å²) in [4.78, 5) is 12.4. The van der Waals surface area contributed by atoms with Gasteiger partial charge in [-0.05, 0) is 49.9 Å². The van der Waals surface area contributed by atoms with Gasteiger partial charge in [0.1, 0.15) is 11.6 Å². The van der Waals surface area contributed by atoms with Crippen molar-refractivity contribution in [2.75, 3.05) is 5.32 Å². The third kappa shape index (κ3) is 4.97. The molecular weight excluding hydrogens is 322 g/mol. The second kappa shape index (κ2) is 8.87. The van der Waals surface area contributed by atoms with E-state index in [0.29, 0.717) is 0 Å². The molecular formula is C22H25N3O. The molecule has 0 heterocycles. The summed E-state index contributed by atoms with van der Waals surface area (Å²) in [7, 11) is 0. The highest BCUT2D eigenvalue weighted by molar-refractivity contribution is 5.97. The van der Waals surface area contributed by atoms with Gasteiger partial charge in [0.2, 0.25) is 0 Å². The molecule has 0 bridgehead atoms. The number of nitrogens with one attached hydrogen (secondary N) is 2. The van der Waals surface area contributed by atoms with E-state index in [1.165, 1.54) is 11.8 Å². The first-order chi connectivity index (χ1) is 12.4. The molecule has 0 aliphatic carbocycles. The minimum absolute atomic E-state index is 0.0435. The predicted molar refractivity (Wildman–Crippen MR) is 106 cm³/mol. The van der Waals surface area contributed by atoms with Crippen LogP contribution in [0.4, 0.5) is 5.69 Å². The lowest BCUT2D eigenvalue weighted by atomic mass is 10.0. The average Bonchev–Trinajstić information content (AvgIpc) is 2.63. The lowest BCUT2D eigenvalue weighted by Gasteiger charge is -2.14. The fourth-order valence-corrected chi connectivity index (χ4v) is 2.67. The van der Waals surface area contributed by atoms with Gasteiger partial charge in [0.05, 0.1) is 6.04 Å². The third-order valence-corrected chi connectivity index (χ3v) is 4.35. The number of benzene rings is 2. The molecule has 134 valence electrons. The van der Waals surface area contributed by atoms with Crippen molar-refractivity contribution in [3.05, 3.63) is 76.5 Å². The highest BCUT2D eigenvalue weighted by Gasteiger charge is 2.14. The zero-order valence-corrected chi connectivity index (χ0v) is 15.8. The maximum absolute atomic E-state index is 12.4. The molecule has 0 aliphatic heterocycles. The molecule has 2 N–H and O–H groups in total. The van der Waals surface area contributed by atoms with Crippen molar-refractivity contribution in [2.45, 2.75) is 40.2 Å². The van der Waals surface area contributed by atoms with Crippen LogP contribution in [0.15, 0.2) is 54.2 Å². The first kappa shape index (κ1) is 19.3. The minimum Gasteiger partial charge on any atom is -0.360 e. The van der Waals surface area contributed by atoms with Gasteiger partial charge in [0.25, 0.3) is 5.91 Å². The molecule has 0 saturated carbocycles. The summed E-state index contributed by atoms with van der Waals surface area (Å²) in [6, 6.07) is 15.9. The number of nitriles is 1. The zero-order chi connectivity index (χ0) is 19.1. The topological polar surface area (TPSA) is 64.9 Å². The second-order valence-electron chi connectivity index (χ2n) is 6.42. The molecule has 0 fully saturated rings. The smallest absolute Gasteiger partial charge is 0.263 e. The Balaban J connectivity index is 2.06. The fraction of sp³-hybridized carbons (Fsp3) is 0.273. The Morgan fingerprint density at radius 2 is 1.88 bits per heavy atom. The average molecular weight is 347 g/mol. The van der Waals surface area contributed by atoms with Crippen LogP contribution in [0.1, 0.15) is 42.1 Å². The third-order valence-electron chi connectivity index (χ3n) is 4.35. The quantitative estimate of drug-likeness (QED) is 0.594. The Morgan fingerprint density at radius 1 is 1.19 bits per heavy atom. The van der Waals surface area contributed by atoms with E-state index < -0.39 is 5.91 Å². The lowest BCUT2D eigenvalue weighted by molar-refractivity contribution is -0.117. The van der Waals surface area contributed by atoms with Crippen LogP contribution in [0.5, 0.6) is 0 Å². The number of hydrogen-bond acceptors (Lipinski definition) is 3. The number of amides is 1. The maximum atomic E-state index is 12.4. The normalized spacial score (nSPS) is 12.2. The molecule has 4 nitrogen and oxygen atoms in total. The van der Waals surface area contributed by atoms with Crippen molar-refractivity contribution >= 4 is 11.6 Å². The first-order valence-electron chi connectivity index (χ1n) is 8.78. The van der Waals surface area contributed by atoms with Gasteiger partial charge >= 0.3 is 0 Å². The number of nitrogens with zero attached hydrogens (tertiary/aromatic N) is 1. The second-order valence-corrected chi connectivity index (χ2v) is 6.42. The van der Waals surface area contributed by atoms with Crippen LogP contribution >= 0.6 is 0 Å². The summed E-state index contributed by atoms with van der Waals surface area (Å²) in [5.74, 6) is -0.392. The van der Waals surface area contributed by atoms with E-state index in [0.717, 1.165) is 28.8 Å². The summed E-state index contributed by atoms with van der Waals surface area (Å²) in [5.41, 5.74) is 5.40. The van der Waals surface area contributed by atoms with Crippen molar-refractivity contribution < 1.29 is 4.79 Å². The summed E-state index contributed by atoms with van der Waals surface area (Å²) in [6.45, 7) is 8.02. The van der Waals surface area contributed by atoms with Crippen LogP contribution in [0.2, 0.25) is 0 Å². The summed E-state index contributed by atoms with van der Waals surface area (Å²) in [6.07, 6.45) is 2.44. The predicted octanol–water partition coefficient (Wildman–Crippen LogP) is 4.56. The first-order valence-corrected chi connectivity index (χ1v) is 8.78. The molecule has 2 rings (SSSR count). The highest BCUT2D eigenvalue weighted by atomic mass is 16.1. The fourth-order valence-electron chi connectivity index (χ4n) is 2.67. The number of hydrogen-bond donors (Lipinski definition) is 2.